The molecule has 1 amide bonds. The molecule has 170 valence electrons. The Bertz CT molecular complexity index is 993. The first kappa shape index (κ1) is 22.4. The summed E-state index contributed by atoms with van der Waals surface area (Å²) in [6.07, 6.45) is 9.50. The summed E-state index contributed by atoms with van der Waals surface area (Å²) in [4.78, 5) is 17.1. The Hall–Kier alpha value is -1.78. The minimum absolute atomic E-state index is 0.000357. The smallest absolute Gasteiger partial charge is 0.252 e. The molecule has 0 spiro atoms. The van der Waals surface area contributed by atoms with E-state index in [0.29, 0.717) is 30.2 Å². The standard InChI is InChI=1S/C21H30N4O4S2/c1-15-22-20(24-29-15)17-12-19(30-14-17)31(27,28)25-11-7-8-16(13-25)21(26)23-18-9-5-3-2-4-6-10-18/h12,14,16,18H,2-11,13H2,1H3,(H,23,26). The number of hydrogen-bond acceptors (Lipinski definition) is 7. The number of thiophene rings is 1. The lowest BCUT2D eigenvalue weighted by atomic mass is 9.94. The van der Waals surface area contributed by atoms with Crippen LogP contribution in [0.15, 0.2) is 20.2 Å². The second kappa shape index (κ2) is 9.79. The van der Waals surface area contributed by atoms with Crippen LogP contribution in [-0.4, -0.2) is 47.9 Å². The van der Waals surface area contributed by atoms with Crippen molar-refractivity contribution in [3.63, 3.8) is 0 Å². The molecule has 2 aromatic rings. The molecule has 3 heterocycles. The molecule has 1 aliphatic carbocycles. The number of nitrogens with one attached hydrogen (secondary N) is 1. The van der Waals surface area contributed by atoms with Crippen molar-refractivity contribution in [3.05, 3.63) is 17.3 Å². The normalized spacial score (nSPS) is 22.0. The van der Waals surface area contributed by atoms with Crippen molar-refractivity contribution in [2.24, 2.45) is 5.92 Å². The Morgan fingerprint density at radius 3 is 2.61 bits per heavy atom. The molecule has 31 heavy (non-hydrogen) atoms. The van der Waals surface area contributed by atoms with Crippen LogP contribution >= 0.6 is 11.3 Å². The molecule has 1 atom stereocenters. The second-order valence-corrected chi connectivity index (χ2v) is 11.6. The van der Waals surface area contributed by atoms with Crippen LogP contribution in [0.5, 0.6) is 0 Å². The van der Waals surface area contributed by atoms with E-state index >= 15 is 0 Å². The fraction of sp³-hybridized carbons (Fsp3) is 0.667. The third-order valence-corrected chi connectivity index (χ3v) is 9.44. The zero-order valence-electron chi connectivity index (χ0n) is 17.9. The van der Waals surface area contributed by atoms with Crippen LogP contribution in [0.25, 0.3) is 11.4 Å². The van der Waals surface area contributed by atoms with Gasteiger partial charge in [-0.1, -0.05) is 37.3 Å². The number of aryl methyl sites for hydroxylation is 1. The number of amides is 1. The quantitative estimate of drug-likeness (QED) is 0.720. The second-order valence-electron chi connectivity index (χ2n) is 8.54. The molecular weight excluding hydrogens is 436 g/mol. The predicted octanol–water partition coefficient (Wildman–Crippen LogP) is 3.74. The first-order valence-corrected chi connectivity index (χ1v) is 13.5. The van der Waals surface area contributed by atoms with E-state index in [-0.39, 0.29) is 28.6 Å². The third-order valence-electron chi connectivity index (χ3n) is 6.16. The number of piperidine rings is 1. The van der Waals surface area contributed by atoms with Crippen LogP contribution in [0.2, 0.25) is 0 Å². The Morgan fingerprint density at radius 1 is 1.16 bits per heavy atom. The summed E-state index contributed by atoms with van der Waals surface area (Å²) >= 11 is 1.14. The van der Waals surface area contributed by atoms with E-state index < -0.39 is 10.0 Å². The van der Waals surface area contributed by atoms with Crippen molar-refractivity contribution in [2.45, 2.75) is 75.0 Å². The predicted molar refractivity (Wildman–Crippen MR) is 118 cm³/mol. The summed E-state index contributed by atoms with van der Waals surface area (Å²) in [6, 6.07) is 1.81. The number of carbonyl (C=O) groups excluding carboxylic acids is 1. The van der Waals surface area contributed by atoms with Gasteiger partial charge in [0.15, 0.2) is 0 Å². The Morgan fingerprint density at radius 2 is 1.90 bits per heavy atom. The topological polar surface area (TPSA) is 105 Å². The van der Waals surface area contributed by atoms with Crippen LogP contribution in [0.4, 0.5) is 0 Å². The van der Waals surface area contributed by atoms with Gasteiger partial charge < -0.3 is 9.84 Å². The molecule has 1 unspecified atom stereocenters. The minimum atomic E-state index is -3.67. The van der Waals surface area contributed by atoms with Crippen molar-refractivity contribution in [1.29, 1.82) is 0 Å². The Labute approximate surface area is 187 Å². The lowest BCUT2D eigenvalue weighted by Gasteiger charge is -2.32. The molecule has 1 N–H and O–H groups in total. The number of nitrogens with zero attached hydrogens (tertiary/aromatic N) is 3. The van der Waals surface area contributed by atoms with Crippen molar-refractivity contribution < 1.29 is 17.7 Å². The highest BCUT2D eigenvalue weighted by Crippen LogP contribution is 2.31. The first-order chi connectivity index (χ1) is 14.9. The molecule has 4 rings (SSSR count). The molecule has 8 nitrogen and oxygen atoms in total. The first-order valence-electron chi connectivity index (χ1n) is 11.1. The van der Waals surface area contributed by atoms with Crippen LogP contribution < -0.4 is 5.32 Å². The highest BCUT2D eigenvalue weighted by Gasteiger charge is 2.35. The van der Waals surface area contributed by atoms with E-state index in [9.17, 15) is 13.2 Å². The van der Waals surface area contributed by atoms with Crippen molar-refractivity contribution in [1.82, 2.24) is 19.8 Å². The number of aromatic nitrogens is 2. The summed E-state index contributed by atoms with van der Waals surface area (Å²) in [5.74, 6) is 0.512. The van der Waals surface area contributed by atoms with E-state index in [2.05, 4.69) is 15.5 Å². The molecule has 2 aromatic heterocycles. The molecule has 0 radical (unpaired) electrons. The fourth-order valence-electron chi connectivity index (χ4n) is 4.41. The van der Waals surface area contributed by atoms with Gasteiger partial charge in [-0.05, 0) is 31.7 Å². The van der Waals surface area contributed by atoms with Gasteiger partial charge in [-0.15, -0.1) is 11.3 Å². The summed E-state index contributed by atoms with van der Waals surface area (Å²) in [5.41, 5.74) is 0.621. The number of hydrogen-bond donors (Lipinski definition) is 1. The van der Waals surface area contributed by atoms with E-state index in [4.69, 9.17) is 4.52 Å². The highest BCUT2D eigenvalue weighted by atomic mass is 32.2. The molecule has 0 bridgehead atoms. The number of sulfonamides is 1. The van der Waals surface area contributed by atoms with Gasteiger partial charge in [-0.3, -0.25) is 4.79 Å². The molecular formula is C21H30N4O4S2. The van der Waals surface area contributed by atoms with Crippen LogP contribution in [0, 0.1) is 12.8 Å². The Kier molecular flexibility index (Phi) is 7.08. The zero-order chi connectivity index (χ0) is 21.8. The molecule has 1 aliphatic heterocycles. The maximum Gasteiger partial charge on any atom is 0.252 e. The summed E-state index contributed by atoms with van der Waals surface area (Å²) in [7, 11) is -3.67. The SMILES string of the molecule is Cc1nc(-c2csc(S(=O)(=O)N3CCCC(C(=O)NC4CCCCCCC4)C3)c2)no1. The maximum atomic E-state index is 13.2. The van der Waals surface area contributed by atoms with Gasteiger partial charge in [0.05, 0.1) is 5.92 Å². The van der Waals surface area contributed by atoms with Gasteiger partial charge in [0.1, 0.15) is 4.21 Å². The fourth-order valence-corrected chi connectivity index (χ4v) is 7.24. The monoisotopic (exact) mass is 466 g/mol. The summed E-state index contributed by atoms with van der Waals surface area (Å²) < 4.78 is 33.1. The molecule has 2 aliphatic rings. The van der Waals surface area contributed by atoms with Gasteiger partial charge >= 0.3 is 0 Å². The van der Waals surface area contributed by atoms with Crippen LogP contribution in [0.1, 0.15) is 63.7 Å². The Balaban J connectivity index is 1.41. The minimum Gasteiger partial charge on any atom is -0.353 e. The average molecular weight is 467 g/mol. The van der Waals surface area contributed by atoms with E-state index in [1.165, 1.54) is 23.6 Å². The molecule has 1 saturated carbocycles. The lowest BCUT2D eigenvalue weighted by Crippen LogP contribution is -2.47. The van der Waals surface area contributed by atoms with Gasteiger partial charge in [-0.2, -0.15) is 9.29 Å². The van der Waals surface area contributed by atoms with Crippen LogP contribution in [0.3, 0.4) is 0 Å². The number of rotatable bonds is 5. The molecule has 10 heteroatoms. The van der Waals surface area contributed by atoms with Gasteiger partial charge in [-0.25, -0.2) is 8.42 Å². The van der Waals surface area contributed by atoms with Gasteiger partial charge in [0, 0.05) is 37.0 Å². The maximum absolute atomic E-state index is 13.2. The zero-order valence-corrected chi connectivity index (χ0v) is 19.5. The number of carbonyl (C=O) groups is 1. The summed E-state index contributed by atoms with van der Waals surface area (Å²) in [5, 5.41) is 8.79. The van der Waals surface area contributed by atoms with Crippen molar-refractivity contribution >= 4 is 27.3 Å². The molecule has 0 aromatic carbocycles. The summed E-state index contributed by atoms with van der Waals surface area (Å²) in [6.45, 7) is 2.36. The average Bonchev–Trinajstić information content (AvgIpc) is 3.39. The van der Waals surface area contributed by atoms with E-state index in [1.807, 2.05) is 0 Å². The van der Waals surface area contributed by atoms with Gasteiger partial charge in [0.25, 0.3) is 10.0 Å². The molecule has 2 fully saturated rings. The third kappa shape index (κ3) is 5.35. The lowest BCUT2D eigenvalue weighted by molar-refractivity contribution is -0.126. The van der Waals surface area contributed by atoms with E-state index in [1.54, 1.807) is 18.4 Å². The van der Waals surface area contributed by atoms with Crippen LogP contribution in [-0.2, 0) is 14.8 Å². The van der Waals surface area contributed by atoms with Crippen molar-refractivity contribution in [3.8, 4) is 11.4 Å². The largest absolute Gasteiger partial charge is 0.353 e. The molecule has 1 saturated heterocycles. The van der Waals surface area contributed by atoms with Crippen molar-refractivity contribution in [2.75, 3.05) is 13.1 Å². The van der Waals surface area contributed by atoms with E-state index in [0.717, 1.165) is 43.4 Å². The highest BCUT2D eigenvalue weighted by molar-refractivity contribution is 7.91. The van der Waals surface area contributed by atoms with Gasteiger partial charge in [0.2, 0.25) is 17.6 Å².